The van der Waals surface area contributed by atoms with Crippen molar-refractivity contribution in [2.75, 3.05) is 12.3 Å². The number of thioether (sulfide) groups is 1. The van der Waals surface area contributed by atoms with E-state index in [1.165, 1.54) is 22.7 Å². The monoisotopic (exact) mass is 470 g/mol. The van der Waals surface area contributed by atoms with E-state index in [0.717, 1.165) is 6.42 Å². The molecule has 4 nitrogen and oxygen atoms in total. The number of halogens is 3. The standard InChI is InChI=1S/C22H25Cl2FN2O2S/c1-3-11-26-22(29)15(2)27(12-17-18(23)8-6-9-19(17)24)21(28)14-30-13-16-7-4-5-10-20(16)25/h4-10,15H,3,11-14H2,1-2H3,(H,26,29)/t15-/m0/s1. The van der Waals surface area contributed by atoms with Gasteiger partial charge >= 0.3 is 0 Å². The second kappa shape index (κ2) is 12.2. The topological polar surface area (TPSA) is 49.4 Å². The lowest BCUT2D eigenvalue weighted by Gasteiger charge is -2.29. The number of rotatable bonds is 10. The van der Waals surface area contributed by atoms with E-state index in [4.69, 9.17) is 23.2 Å². The Balaban J connectivity index is 2.14. The van der Waals surface area contributed by atoms with Crippen LogP contribution in [0, 0.1) is 5.82 Å². The Labute approximate surface area is 191 Å². The predicted octanol–water partition coefficient (Wildman–Crippen LogP) is 5.31. The minimum absolute atomic E-state index is 0.0990. The highest BCUT2D eigenvalue weighted by Crippen LogP contribution is 2.27. The van der Waals surface area contributed by atoms with Gasteiger partial charge < -0.3 is 10.2 Å². The largest absolute Gasteiger partial charge is 0.354 e. The zero-order valence-electron chi connectivity index (χ0n) is 17.0. The van der Waals surface area contributed by atoms with E-state index in [1.807, 2.05) is 6.92 Å². The quantitative estimate of drug-likeness (QED) is 0.511. The van der Waals surface area contributed by atoms with Gasteiger partial charge in [-0.25, -0.2) is 4.39 Å². The number of nitrogens with one attached hydrogen (secondary N) is 1. The molecular formula is C22H25Cl2FN2O2S. The lowest BCUT2D eigenvalue weighted by atomic mass is 10.1. The van der Waals surface area contributed by atoms with E-state index in [2.05, 4.69) is 5.32 Å². The molecule has 1 atom stereocenters. The van der Waals surface area contributed by atoms with Gasteiger partial charge in [-0.3, -0.25) is 9.59 Å². The van der Waals surface area contributed by atoms with Gasteiger partial charge in [-0.1, -0.05) is 54.4 Å². The molecule has 0 radical (unpaired) electrons. The van der Waals surface area contributed by atoms with Crippen molar-refractivity contribution in [1.29, 1.82) is 0 Å². The molecular weight excluding hydrogens is 446 g/mol. The first-order chi connectivity index (χ1) is 14.3. The molecule has 0 bridgehead atoms. The van der Waals surface area contributed by atoms with E-state index >= 15 is 0 Å². The average molecular weight is 471 g/mol. The summed E-state index contributed by atoms with van der Waals surface area (Å²) in [7, 11) is 0. The third kappa shape index (κ3) is 6.89. The summed E-state index contributed by atoms with van der Waals surface area (Å²) < 4.78 is 13.8. The van der Waals surface area contributed by atoms with E-state index in [-0.39, 0.29) is 29.9 Å². The van der Waals surface area contributed by atoms with Crippen LogP contribution in [0.15, 0.2) is 42.5 Å². The fourth-order valence-corrected chi connectivity index (χ4v) is 4.19. The second-order valence-electron chi connectivity index (χ2n) is 6.77. The molecule has 0 saturated carbocycles. The van der Waals surface area contributed by atoms with Crippen LogP contribution >= 0.6 is 35.0 Å². The molecule has 0 heterocycles. The maximum Gasteiger partial charge on any atom is 0.242 e. The van der Waals surface area contributed by atoms with Crippen molar-refractivity contribution < 1.29 is 14.0 Å². The van der Waals surface area contributed by atoms with Gasteiger partial charge in [-0.2, -0.15) is 0 Å². The van der Waals surface area contributed by atoms with Gasteiger partial charge in [0.15, 0.2) is 0 Å². The minimum Gasteiger partial charge on any atom is -0.354 e. The van der Waals surface area contributed by atoms with E-state index in [0.29, 0.717) is 33.5 Å². The van der Waals surface area contributed by atoms with E-state index in [9.17, 15) is 14.0 Å². The van der Waals surface area contributed by atoms with Crippen LogP contribution in [0.4, 0.5) is 4.39 Å². The summed E-state index contributed by atoms with van der Waals surface area (Å²) in [6.45, 7) is 4.27. The summed E-state index contributed by atoms with van der Waals surface area (Å²) in [5.74, 6) is -0.333. The minimum atomic E-state index is -0.703. The highest BCUT2D eigenvalue weighted by atomic mass is 35.5. The zero-order valence-corrected chi connectivity index (χ0v) is 19.3. The van der Waals surface area contributed by atoms with Crippen molar-refractivity contribution in [1.82, 2.24) is 10.2 Å². The summed E-state index contributed by atoms with van der Waals surface area (Å²) >= 11 is 13.9. The Morgan fingerprint density at radius 3 is 2.43 bits per heavy atom. The Kier molecular flexibility index (Phi) is 9.95. The molecule has 2 rings (SSSR count). The molecule has 2 amide bonds. The number of benzene rings is 2. The molecule has 0 spiro atoms. The van der Waals surface area contributed by atoms with E-state index < -0.39 is 6.04 Å². The van der Waals surface area contributed by atoms with Gasteiger partial charge in [0.1, 0.15) is 11.9 Å². The molecule has 1 N–H and O–H groups in total. The lowest BCUT2D eigenvalue weighted by molar-refractivity contribution is -0.138. The summed E-state index contributed by atoms with van der Waals surface area (Å²) in [6.07, 6.45) is 0.793. The summed E-state index contributed by atoms with van der Waals surface area (Å²) in [6, 6.07) is 10.9. The molecule has 0 saturated heterocycles. The Bertz CT molecular complexity index is 862. The van der Waals surface area contributed by atoms with Crippen LogP contribution in [0.2, 0.25) is 10.0 Å². The molecule has 2 aromatic carbocycles. The Hall–Kier alpha value is -1.76. The normalized spacial score (nSPS) is 11.8. The lowest BCUT2D eigenvalue weighted by Crippen LogP contribution is -2.48. The third-order valence-corrected chi connectivity index (χ3v) is 6.22. The first kappa shape index (κ1) is 24.5. The van der Waals surface area contributed by atoms with Gasteiger partial charge in [0.2, 0.25) is 11.8 Å². The van der Waals surface area contributed by atoms with Crippen LogP contribution in [-0.4, -0.2) is 35.1 Å². The molecule has 162 valence electrons. The van der Waals surface area contributed by atoms with Crippen LogP contribution in [0.5, 0.6) is 0 Å². The average Bonchev–Trinajstić information content (AvgIpc) is 2.72. The molecule has 2 aromatic rings. The maximum absolute atomic E-state index is 13.8. The van der Waals surface area contributed by atoms with Gasteiger partial charge in [-0.15, -0.1) is 11.8 Å². The Morgan fingerprint density at radius 1 is 1.13 bits per heavy atom. The first-order valence-electron chi connectivity index (χ1n) is 9.66. The molecule has 0 fully saturated rings. The van der Waals surface area contributed by atoms with Gasteiger partial charge in [-0.05, 0) is 37.1 Å². The fraction of sp³-hybridized carbons (Fsp3) is 0.364. The van der Waals surface area contributed by atoms with Crippen LogP contribution in [0.1, 0.15) is 31.4 Å². The first-order valence-corrected chi connectivity index (χ1v) is 11.6. The molecule has 0 aliphatic rings. The number of hydrogen-bond acceptors (Lipinski definition) is 3. The highest BCUT2D eigenvalue weighted by molar-refractivity contribution is 7.99. The number of amides is 2. The van der Waals surface area contributed by atoms with Crippen molar-refractivity contribution in [3.05, 3.63) is 69.5 Å². The maximum atomic E-state index is 13.8. The van der Waals surface area contributed by atoms with Crippen molar-refractivity contribution in [3.8, 4) is 0 Å². The van der Waals surface area contributed by atoms with Crippen molar-refractivity contribution in [2.45, 2.75) is 38.6 Å². The molecule has 0 aliphatic heterocycles. The summed E-state index contributed by atoms with van der Waals surface area (Å²) in [5.41, 5.74) is 1.12. The number of carbonyl (C=O) groups excluding carboxylic acids is 2. The summed E-state index contributed by atoms with van der Waals surface area (Å²) in [4.78, 5) is 27.0. The van der Waals surface area contributed by atoms with Crippen molar-refractivity contribution >= 4 is 46.8 Å². The van der Waals surface area contributed by atoms with Crippen LogP contribution in [-0.2, 0) is 21.9 Å². The second-order valence-corrected chi connectivity index (χ2v) is 8.57. The number of nitrogens with zero attached hydrogens (tertiary/aromatic N) is 1. The molecule has 30 heavy (non-hydrogen) atoms. The van der Waals surface area contributed by atoms with Crippen molar-refractivity contribution in [2.24, 2.45) is 0 Å². The zero-order chi connectivity index (χ0) is 22.1. The molecule has 0 aliphatic carbocycles. The SMILES string of the molecule is CCCNC(=O)[C@H](C)N(Cc1c(Cl)cccc1Cl)C(=O)CSCc1ccccc1F. The number of carbonyl (C=O) groups is 2. The molecule has 0 unspecified atom stereocenters. The number of hydrogen-bond donors (Lipinski definition) is 1. The molecule has 0 aromatic heterocycles. The summed E-state index contributed by atoms with van der Waals surface area (Å²) in [5, 5.41) is 3.68. The van der Waals surface area contributed by atoms with Gasteiger partial charge in [0.05, 0.1) is 5.75 Å². The third-order valence-electron chi connectivity index (χ3n) is 4.55. The van der Waals surface area contributed by atoms with Crippen molar-refractivity contribution in [3.63, 3.8) is 0 Å². The smallest absolute Gasteiger partial charge is 0.242 e. The van der Waals surface area contributed by atoms with Gasteiger partial charge in [0.25, 0.3) is 0 Å². The van der Waals surface area contributed by atoms with Crippen LogP contribution in [0.25, 0.3) is 0 Å². The van der Waals surface area contributed by atoms with Crippen LogP contribution < -0.4 is 5.32 Å². The highest BCUT2D eigenvalue weighted by Gasteiger charge is 2.27. The molecule has 8 heteroatoms. The van der Waals surface area contributed by atoms with Gasteiger partial charge in [0, 0.05) is 34.5 Å². The predicted molar refractivity (Wildman–Crippen MR) is 122 cm³/mol. The van der Waals surface area contributed by atoms with Crippen LogP contribution in [0.3, 0.4) is 0 Å². The van der Waals surface area contributed by atoms with E-state index in [1.54, 1.807) is 43.3 Å². The Morgan fingerprint density at radius 2 is 1.80 bits per heavy atom. The fourth-order valence-electron chi connectivity index (χ4n) is 2.78.